The molecule has 196 valence electrons. The first-order chi connectivity index (χ1) is 17.6. The van der Waals surface area contributed by atoms with Crippen molar-refractivity contribution in [2.45, 2.75) is 46.0 Å². The third-order valence-corrected chi connectivity index (χ3v) is 6.00. The van der Waals surface area contributed by atoms with Crippen LogP contribution in [0.25, 0.3) is 17.0 Å². The maximum Gasteiger partial charge on any atom is 0.408 e. The minimum Gasteiger partial charge on any atom is -0.507 e. The number of aromatic nitrogens is 1. The molecule has 0 radical (unpaired) electrons. The molecule has 3 N–H and O–H groups in total. The number of ether oxygens (including phenoxy) is 1. The number of nitrogens with one attached hydrogen (secondary N) is 1. The molecule has 9 nitrogen and oxygen atoms in total. The molecule has 1 aromatic carbocycles. The van der Waals surface area contributed by atoms with Crippen LogP contribution in [-0.4, -0.2) is 33.3 Å². The molecule has 0 saturated heterocycles. The predicted octanol–water partition coefficient (Wildman–Crippen LogP) is 5.58. The van der Waals surface area contributed by atoms with Gasteiger partial charge in [-0.15, -0.1) is 0 Å². The monoisotopic (exact) mass is 508 g/mol. The molecule has 0 aliphatic heterocycles. The first-order valence-corrected chi connectivity index (χ1v) is 12.1. The van der Waals surface area contributed by atoms with E-state index in [0.717, 1.165) is 28.8 Å². The van der Waals surface area contributed by atoms with Crippen molar-refractivity contribution in [2.24, 2.45) is 7.05 Å². The normalized spacial score (nSPS) is 12.7. The lowest BCUT2D eigenvalue weighted by molar-refractivity contribution is 0.102. The highest BCUT2D eigenvalue weighted by Gasteiger charge is 2.22. The third-order valence-electron chi connectivity index (χ3n) is 6.00. The van der Waals surface area contributed by atoms with Crippen molar-refractivity contribution in [1.29, 1.82) is 0 Å². The highest BCUT2D eigenvalue weighted by molar-refractivity contribution is 6.12. The van der Waals surface area contributed by atoms with Crippen LogP contribution in [0.4, 0.5) is 4.79 Å². The first-order valence-electron chi connectivity index (χ1n) is 12.1. The Hall–Kier alpha value is -4.27. The number of hydrogen-bond donors (Lipinski definition) is 3. The standard InChI is InChI=1S/C28H32N2O7/c1-5-12-36-21-9-10-22-19(15-21)14-20(30(22)4)13-18(3)26(32)25-23(31)16-24(37-27(25)33)17(2)8-6-7-11-29-28(34)35/h7,9-11,13-17,29,31H,5-6,8,12H2,1-4H3,(H,34,35)/b11-7+,18-13?. The Balaban J connectivity index is 1.80. The van der Waals surface area contributed by atoms with Crippen LogP contribution in [0.1, 0.15) is 67.8 Å². The Bertz CT molecular complexity index is 1410. The number of ketones is 1. The number of hydrogen-bond acceptors (Lipinski definition) is 6. The van der Waals surface area contributed by atoms with Gasteiger partial charge in [0, 0.05) is 41.8 Å². The van der Waals surface area contributed by atoms with E-state index in [1.807, 2.05) is 49.7 Å². The van der Waals surface area contributed by atoms with Crippen molar-refractivity contribution in [2.75, 3.05) is 6.61 Å². The summed E-state index contributed by atoms with van der Waals surface area (Å²) >= 11 is 0. The van der Waals surface area contributed by atoms with Gasteiger partial charge in [0.15, 0.2) is 5.78 Å². The summed E-state index contributed by atoms with van der Waals surface area (Å²) < 4.78 is 13.0. The number of carboxylic acid groups (broad SMARTS) is 1. The summed E-state index contributed by atoms with van der Waals surface area (Å²) in [5.41, 5.74) is 0.673. The number of carbonyl (C=O) groups excluding carboxylic acids is 1. The fourth-order valence-electron chi connectivity index (χ4n) is 3.93. The van der Waals surface area contributed by atoms with Crippen LogP contribution in [-0.2, 0) is 7.05 Å². The summed E-state index contributed by atoms with van der Waals surface area (Å²) in [6.45, 7) is 6.06. The predicted molar refractivity (Wildman–Crippen MR) is 141 cm³/mol. The largest absolute Gasteiger partial charge is 0.507 e. The average molecular weight is 509 g/mol. The summed E-state index contributed by atoms with van der Waals surface area (Å²) in [5.74, 6) is -0.280. The quantitative estimate of drug-likeness (QED) is 0.228. The molecule has 0 bridgehead atoms. The van der Waals surface area contributed by atoms with Crippen molar-refractivity contribution in [3.63, 3.8) is 0 Å². The van der Waals surface area contributed by atoms with Gasteiger partial charge in [-0.3, -0.25) is 10.1 Å². The number of amides is 1. The Labute approximate surface area is 214 Å². The van der Waals surface area contributed by atoms with E-state index in [1.54, 1.807) is 19.1 Å². The van der Waals surface area contributed by atoms with Crippen molar-refractivity contribution < 1.29 is 29.0 Å². The maximum absolute atomic E-state index is 13.1. The molecule has 3 rings (SSSR count). The van der Waals surface area contributed by atoms with Gasteiger partial charge in [0.25, 0.3) is 0 Å². The smallest absolute Gasteiger partial charge is 0.408 e. The van der Waals surface area contributed by atoms with E-state index in [-0.39, 0.29) is 17.3 Å². The second-order valence-electron chi connectivity index (χ2n) is 8.88. The number of benzene rings is 1. The van der Waals surface area contributed by atoms with Gasteiger partial charge >= 0.3 is 11.7 Å². The highest BCUT2D eigenvalue weighted by atomic mass is 16.5. The number of fused-ring (bicyclic) bond motifs is 1. The van der Waals surface area contributed by atoms with E-state index < -0.39 is 28.8 Å². The lowest BCUT2D eigenvalue weighted by atomic mass is 9.99. The van der Waals surface area contributed by atoms with Crippen molar-refractivity contribution in [3.8, 4) is 11.5 Å². The van der Waals surface area contributed by atoms with Gasteiger partial charge in [-0.05, 0) is 62.1 Å². The minimum absolute atomic E-state index is 0.240. The number of rotatable bonds is 11. The zero-order valence-corrected chi connectivity index (χ0v) is 21.4. The Morgan fingerprint density at radius 1 is 1.24 bits per heavy atom. The van der Waals surface area contributed by atoms with E-state index in [4.69, 9.17) is 14.3 Å². The zero-order chi connectivity index (χ0) is 27.1. The Kier molecular flexibility index (Phi) is 8.95. The van der Waals surface area contributed by atoms with Crippen LogP contribution in [0, 0.1) is 0 Å². The molecule has 2 aromatic heterocycles. The van der Waals surface area contributed by atoms with Crippen LogP contribution in [0.3, 0.4) is 0 Å². The van der Waals surface area contributed by atoms with Crippen LogP contribution in [0.2, 0.25) is 0 Å². The lowest BCUT2D eigenvalue weighted by Gasteiger charge is -2.11. The Morgan fingerprint density at radius 2 is 2.00 bits per heavy atom. The van der Waals surface area contributed by atoms with Crippen molar-refractivity contribution in [1.82, 2.24) is 9.88 Å². The number of allylic oxidation sites excluding steroid dienone is 2. The van der Waals surface area contributed by atoms with Gasteiger partial charge in [0.2, 0.25) is 0 Å². The zero-order valence-electron chi connectivity index (χ0n) is 21.4. The first kappa shape index (κ1) is 27.3. The molecule has 0 fully saturated rings. The van der Waals surface area contributed by atoms with Gasteiger partial charge in [-0.1, -0.05) is 19.9 Å². The van der Waals surface area contributed by atoms with Gasteiger partial charge in [-0.25, -0.2) is 9.59 Å². The summed E-state index contributed by atoms with van der Waals surface area (Å²) in [6.07, 6.45) is 5.43. The van der Waals surface area contributed by atoms with Gasteiger partial charge in [0.1, 0.15) is 22.8 Å². The third kappa shape index (κ3) is 6.69. The number of nitrogens with zero attached hydrogens (tertiary/aromatic N) is 1. The molecule has 1 unspecified atom stereocenters. The summed E-state index contributed by atoms with van der Waals surface area (Å²) in [6, 6.07) is 9.02. The molecule has 0 saturated carbocycles. The molecule has 37 heavy (non-hydrogen) atoms. The molecule has 3 aromatic rings. The van der Waals surface area contributed by atoms with Gasteiger partial charge in [-0.2, -0.15) is 0 Å². The van der Waals surface area contributed by atoms with Crippen LogP contribution in [0.5, 0.6) is 11.5 Å². The lowest BCUT2D eigenvalue weighted by Crippen LogP contribution is -2.16. The molecule has 0 spiro atoms. The molecular weight excluding hydrogens is 476 g/mol. The number of carbonyl (C=O) groups is 2. The van der Waals surface area contributed by atoms with Crippen LogP contribution < -0.4 is 15.7 Å². The fourth-order valence-corrected chi connectivity index (χ4v) is 3.93. The number of aryl methyl sites for hydroxylation is 1. The van der Waals surface area contributed by atoms with Gasteiger partial charge in [0.05, 0.1) is 6.61 Å². The van der Waals surface area contributed by atoms with E-state index in [0.29, 0.717) is 19.4 Å². The molecule has 2 heterocycles. The summed E-state index contributed by atoms with van der Waals surface area (Å²) in [4.78, 5) is 36.2. The highest BCUT2D eigenvalue weighted by Crippen LogP contribution is 2.28. The van der Waals surface area contributed by atoms with E-state index in [9.17, 15) is 19.5 Å². The summed E-state index contributed by atoms with van der Waals surface area (Å²) in [5, 5.41) is 22.2. The fraction of sp³-hybridized carbons (Fsp3) is 0.321. The summed E-state index contributed by atoms with van der Waals surface area (Å²) in [7, 11) is 1.88. The SMILES string of the molecule is CCCOc1ccc2c(c1)cc(C=C(C)C(=O)c1c(O)cc(C(C)CC/C=C/NC(=O)O)oc1=O)n2C. The minimum atomic E-state index is -1.16. The molecule has 1 atom stereocenters. The van der Waals surface area contributed by atoms with Crippen molar-refractivity contribution >= 4 is 28.9 Å². The number of aromatic hydroxyl groups is 1. The molecule has 9 heteroatoms. The average Bonchev–Trinajstić information content (AvgIpc) is 3.15. The second-order valence-corrected chi connectivity index (χ2v) is 8.88. The molecule has 0 aliphatic carbocycles. The maximum atomic E-state index is 13.1. The van der Waals surface area contributed by atoms with E-state index >= 15 is 0 Å². The van der Waals surface area contributed by atoms with E-state index in [2.05, 4.69) is 5.32 Å². The van der Waals surface area contributed by atoms with E-state index in [1.165, 1.54) is 12.3 Å². The molecule has 0 aliphatic rings. The molecular formula is C28H32N2O7. The van der Waals surface area contributed by atoms with Crippen LogP contribution >= 0.6 is 0 Å². The van der Waals surface area contributed by atoms with Gasteiger partial charge < -0.3 is 23.9 Å². The second kappa shape index (κ2) is 12.1. The van der Waals surface area contributed by atoms with Crippen molar-refractivity contribution in [3.05, 3.63) is 75.6 Å². The topological polar surface area (TPSA) is 131 Å². The van der Waals surface area contributed by atoms with Crippen LogP contribution in [0.15, 0.2) is 57.4 Å². The number of Topliss-reactive ketones (excluding diaryl/α,β-unsaturated/α-hetero) is 1. The molecule has 1 amide bonds. The Morgan fingerprint density at radius 3 is 2.68 bits per heavy atom.